The summed E-state index contributed by atoms with van der Waals surface area (Å²) in [5.74, 6) is -0.406. The first-order valence-electron chi connectivity index (χ1n) is 9.98. The molecule has 0 bridgehead atoms. The van der Waals surface area contributed by atoms with Gasteiger partial charge in [0.2, 0.25) is 0 Å². The van der Waals surface area contributed by atoms with Gasteiger partial charge in [-0.05, 0) is 49.6 Å². The van der Waals surface area contributed by atoms with Crippen LogP contribution in [0.4, 0.5) is 0 Å². The Morgan fingerprint density at radius 3 is 2.38 bits per heavy atom. The van der Waals surface area contributed by atoms with E-state index in [9.17, 15) is 13.2 Å². The van der Waals surface area contributed by atoms with Crippen molar-refractivity contribution in [3.8, 4) is 0 Å². The summed E-state index contributed by atoms with van der Waals surface area (Å²) in [6.07, 6.45) is 4.46. The molecule has 0 aromatic heterocycles. The average Bonchev–Trinajstić information content (AvgIpc) is 2.68. The summed E-state index contributed by atoms with van der Waals surface area (Å²) >= 11 is 0. The molecule has 0 saturated carbocycles. The van der Waals surface area contributed by atoms with E-state index in [-0.39, 0.29) is 17.3 Å². The Labute approximate surface area is 173 Å². The van der Waals surface area contributed by atoms with E-state index in [0.717, 1.165) is 32.4 Å². The molecule has 0 amide bonds. The number of hydrogen-bond donors (Lipinski definition) is 0. The second-order valence-electron chi connectivity index (χ2n) is 8.20. The molecule has 1 aliphatic rings. The van der Waals surface area contributed by atoms with Gasteiger partial charge in [-0.3, -0.25) is 4.90 Å². The van der Waals surface area contributed by atoms with Gasteiger partial charge in [-0.2, -0.15) is 0 Å². The van der Waals surface area contributed by atoms with Crippen molar-refractivity contribution < 1.29 is 17.9 Å². The molecule has 0 unspecified atom stereocenters. The molecule has 29 heavy (non-hydrogen) atoms. The molecule has 0 radical (unpaired) electrons. The molecule has 0 spiro atoms. The van der Waals surface area contributed by atoms with E-state index in [1.165, 1.54) is 11.8 Å². The van der Waals surface area contributed by atoms with Crippen LogP contribution in [0, 0.1) is 0 Å². The van der Waals surface area contributed by atoms with Crippen molar-refractivity contribution in [1.82, 2.24) is 4.90 Å². The molecule has 0 aliphatic carbocycles. The van der Waals surface area contributed by atoms with Gasteiger partial charge in [0.1, 0.15) is 6.61 Å². The van der Waals surface area contributed by atoms with E-state index in [1.54, 1.807) is 24.3 Å². The minimum Gasteiger partial charge on any atom is -0.460 e. The monoisotopic (exact) mass is 415 g/mol. The lowest BCUT2D eigenvalue weighted by molar-refractivity contribution is -0.0150. The molecule has 2 aromatic rings. The molecule has 156 valence electrons. The normalized spacial score (nSPS) is 20.3. The third-order valence-electron chi connectivity index (χ3n) is 5.51. The van der Waals surface area contributed by atoms with Gasteiger partial charge in [-0.15, -0.1) is 0 Å². The average molecular weight is 416 g/mol. The third kappa shape index (κ3) is 6.15. The first-order valence-corrected chi connectivity index (χ1v) is 12.0. The lowest BCUT2D eigenvalue weighted by Gasteiger charge is -2.44. The van der Waals surface area contributed by atoms with Gasteiger partial charge in [0.15, 0.2) is 9.84 Å². The lowest BCUT2D eigenvalue weighted by Crippen LogP contribution is -2.52. The minimum atomic E-state index is -3.10. The van der Waals surface area contributed by atoms with Crippen molar-refractivity contribution in [3.05, 3.63) is 71.3 Å². The fourth-order valence-electron chi connectivity index (χ4n) is 3.82. The Bertz CT molecular complexity index is 925. The van der Waals surface area contributed by atoms with E-state index >= 15 is 0 Å². The fraction of sp³-hybridized carbons (Fsp3) is 0.435. The molecule has 2 aromatic carbocycles. The van der Waals surface area contributed by atoms with Crippen LogP contribution in [-0.2, 0) is 26.9 Å². The SMILES string of the molecule is C[C@]1(COC(=O)c2ccc(CS(C)(=O)=O)cc2)CCCCN1Cc1ccccc1. The van der Waals surface area contributed by atoms with Gasteiger partial charge in [-0.1, -0.05) is 48.9 Å². The van der Waals surface area contributed by atoms with Crippen LogP contribution >= 0.6 is 0 Å². The highest BCUT2D eigenvalue weighted by molar-refractivity contribution is 7.89. The highest BCUT2D eigenvalue weighted by Gasteiger charge is 2.35. The topological polar surface area (TPSA) is 63.7 Å². The number of rotatable bonds is 7. The summed E-state index contributed by atoms with van der Waals surface area (Å²) in [4.78, 5) is 14.9. The molecule has 6 heteroatoms. The number of benzene rings is 2. The zero-order chi connectivity index (χ0) is 20.9. The predicted molar refractivity (Wildman–Crippen MR) is 114 cm³/mol. The van der Waals surface area contributed by atoms with Crippen LogP contribution in [-0.4, -0.2) is 44.2 Å². The smallest absolute Gasteiger partial charge is 0.338 e. The summed E-state index contributed by atoms with van der Waals surface area (Å²) in [5.41, 5.74) is 2.17. The Kier molecular flexibility index (Phi) is 6.75. The Balaban J connectivity index is 1.62. The quantitative estimate of drug-likeness (QED) is 0.643. The number of nitrogens with zero attached hydrogens (tertiary/aromatic N) is 1. The summed E-state index contributed by atoms with van der Waals surface area (Å²) < 4.78 is 28.5. The first-order chi connectivity index (χ1) is 13.8. The van der Waals surface area contributed by atoms with Crippen molar-refractivity contribution >= 4 is 15.8 Å². The summed E-state index contributed by atoms with van der Waals surface area (Å²) in [7, 11) is -3.10. The number of piperidine rings is 1. The van der Waals surface area contributed by atoms with Crippen LogP contribution in [0.15, 0.2) is 54.6 Å². The third-order valence-corrected chi connectivity index (χ3v) is 6.36. The standard InChI is InChI=1S/C23H29NO4S/c1-23(14-6-7-15-24(23)16-19-8-4-3-5-9-19)18-28-22(25)21-12-10-20(11-13-21)17-29(2,26)27/h3-5,8-13H,6-7,14-18H2,1-2H3/t23-/m1/s1. The molecular formula is C23H29NO4S. The molecule has 1 fully saturated rings. The van der Waals surface area contributed by atoms with Crippen LogP contribution in [0.5, 0.6) is 0 Å². The molecule has 1 atom stereocenters. The molecular weight excluding hydrogens is 386 g/mol. The number of likely N-dealkylation sites (tertiary alicyclic amines) is 1. The van der Waals surface area contributed by atoms with Crippen molar-refractivity contribution in [2.45, 2.75) is 44.0 Å². The van der Waals surface area contributed by atoms with Crippen LogP contribution in [0.25, 0.3) is 0 Å². The number of hydrogen-bond acceptors (Lipinski definition) is 5. The van der Waals surface area contributed by atoms with Crippen LogP contribution in [0.1, 0.15) is 47.7 Å². The second-order valence-corrected chi connectivity index (χ2v) is 10.3. The zero-order valence-corrected chi connectivity index (χ0v) is 18.0. The van der Waals surface area contributed by atoms with E-state index < -0.39 is 9.84 Å². The summed E-state index contributed by atoms with van der Waals surface area (Å²) in [6.45, 7) is 4.33. The number of esters is 1. The van der Waals surface area contributed by atoms with E-state index in [0.29, 0.717) is 17.7 Å². The van der Waals surface area contributed by atoms with Gasteiger partial charge in [-0.25, -0.2) is 13.2 Å². The first kappa shape index (κ1) is 21.5. The summed E-state index contributed by atoms with van der Waals surface area (Å²) in [5, 5.41) is 0. The molecule has 0 N–H and O–H groups in total. The van der Waals surface area contributed by atoms with Gasteiger partial charge >= 0.3 is 5.97 Å². The van der Waals surface area contributed by atoms with Crippen molar-refractivity contribution in [3.63, 3.8) is 0 Å². The number of sulfone groups is 1. The van der Waals surface area contributed by atoms with Gasteiger partial charge < -0.3 is 4.74 Å². The fourth-order valence-corrected chi connectivity index (χ4v) is 4.62. The van der Waals surface area contributed by atoms with Gasteiger partial charge in [0.05, 0.1) is 16.9 Å². The lowest BCUT2D eigenvalue weighted by atomic mass is 9.88. The van der Waals surface area contributed by atoms with Crippen molar-refractivity contribution in [2.24, 2.45) is 0 Å². The largest absolute Gasteiger partial charge is 0.460 e. The van der Waals surface area contributed by atoms with Crippen LogP contribution in [0.3, 0.4) is 0 Å². The second kappa shape index (κ2) is 9.09. The van der Waals surface area contributed by atoms with Crippen LogP contribution in [0.2, 0.25) is 0 Å². The Hall–Kier alpha value is -2.18. The highest BCUT2D eigenvalue weighted by atomic mass is 32.2. The molecule has 3 rings (SSSR count). The highest BCUT2D eigenvalue weighted by Crippen LogP contribution is 2.30. The summed E-state index contributed by atoms with van der Waals surface area (Å²) in [6, 6.07) is 17.0. The molecule has 5 nitrogen and oxygen atoms in total. The number of carbonyl (C=O) groups excluding carboxylic acids is 1. The Morgan fingerprint density at radius 1 is 1.03 bits per heavy atom. The predicted octanol–water partition coefficient (Wildman–Crippen LogP) is 3.83. The molecule has 1 saturated heterocycles. The van der Waals surface area contributed by atoms with Gasteiger partial charge in [0.25, 0.3) is 0 Å². The number of carbonyl (C=O) groups is 1. The molecule has 1 aliphatic heterocycles. The zero-order valence-electron chi connectivity index (χ0n) is 17.1. The number of ether oxygens (including phenoxy) is 1. The van der Waals surface area contributed by atoms with Crippen molar-refractivity contribution in [2.75, 3.05) is 19.4 Å². The van der Waals surface area contributed by atoms with E-state index in [1.807, 2.05) is 18.2 Å². The van der Waals surface area contributed by atoms with Crippen molar-refractivity contribution in [1.29, 1.82) is 0 Å². The Morgan fingerprint density at radius 2 is 1.72 bits per heavy atom. The maximum Gasteiger partial charge on any atom is 0.338 e. The van der Waals surface area contributed by atoms with Crippen LogP contribution < -0.4 is 0 Å². The van der Waals surface area contributed by atoms with E-state index in [2.05, 4.69) is 24.0 Å². The minimum absolute atomic E-state index is 0.0329. The molecule has 1 heterocycles. The van der Waals surface area contributed by atoms with Gasteiger partial charge in [0, 0.05) is 12.8 Å². The van der Waals surface area contributed by atoms with E-state index in [4.69, 9.17) is 4.74 Å². The maximum absolute atomic E-state index is 12.5. The maximum atomic E-state index is 12.5.